The number of methoxy groups -OCH3 is 1. The summed E-state index contributed by atoms with van der Waals surface area (Å²) in [5.74, 6) is 0.944. The van der Waals surface area contributed by atoms with Gasteiger partial charge in [-0.1, -0.05) is 26.3 Å². The number of aromatic nitrogens is 1. The van der Waals surface area contributed by atoms with Crippen LogP contribution < -0.4 is 10.1 Å². The van der Waals surface area contributed by atoms with Gasteiger partial charge >= 0.3 is 0 Å². The average molecular weight is 304 g/mol. The van der Waals surface area contributed by atoms with E-state index in [1.165, 1.54) is 0 Å². The number of ether oxygens (including phenoxy) is 1. The number of carbonyl (C=O) groups is 1. The normalized spacial score (nSPS) is 13.8. The summed E-state index contributed by atoms with van der Waals surface area (Å²) < 4.78 is 7.21. The van der Waals surface area contributed by atoms with Gasteiger partial charge in [0, 0.05) is 11.6 Å². The first kappa shape index (κ1) is 16.4. The number of aliphatic hydroxyl groups is 1. The van der Waals surface area contributed by atoms with Crippen molar-refractivity contribution in [3.05, 3.63) is 30.5 Å². The Kier molecular flexibility index (Phi) is 5.44. The van der Waals surface area contributed by atoms with E-state index in [0.717, 1.165) is 23.1 Å². The molecular formula is C17H24N2O3. The van der Waals surface area contributed by atoms with E-state index in [1.807, 2.05) is 48.9 Å². The van der Waals surface area contributed by atoms with Crippen LogP contribution in [0.4, 0.5) is 0 Å². The molecule has 0 radical (unpaired) electrons. The van der Waals surface area contributed by atoms with Crippen LogP contribution in [0.25, 0.3) is 10.9 Å². The first-order valence-electron chi connectivity index (χ1n) is 7.62. The molecule has 0 aliphatic heterocycles. The zero-order valence-corrected chi connectivity index (χ0v) is 13.4. The molecule has 0 fully saturated rings. The first-order valence-corrected chi connectivity index (χ1v) is 7.62. The smallest absolute Gasteiger partial charge is 0.240 e. The van der Waals surface area contributed by atoms with Crippen LogP contribution in [0.3, 0.4) is 0 Å². The molecule has 2 rings (SSSR count). The van der Waals surface area contributed by atoms with Crippen molar-refractivity contribution in [2.75, 3.05) is 13.7 Å². The Morgan fingerprint density at radius 2 is 2.18 bits per heavy atom. The van der Waals surface area contributed by atoms with Gasteiger partial charge in [0.05, 0.1) is 25.3 Å². The molecule has 0 saturated carbocycles. The van der Waals surface area contributed by atoms with Crippen molar-refractivity contribution in [3.63, 3.8) is 0 Å². The summed E-state index contributed by atoms with van der Waals surface area (Å²) in [6.07, 6.45) is 2.79. The van der Waals surface area contributed by atoms with E-state index in [0.29, 0.717) is 0 Å². The van der Waals surface area contributed by atoms with Crippen molar-refractivity contribution in [1.29, 1.82) is 0 Å². The van der Waals surface area contributed by atoms with E-state index in [1.54, 1.807) is 7.11 Å². The maximum atomic E-state index is 12.2. The molecule has 0 aliphatic rings. The zero-order valence-electron chi connectivity index (χ0n) is 13.4. The molecule has 2 atom stereocenters. The second-order valence-corrected chi connectivity index (χ2v) is 5.58. The highest BCUT2D eigenvalue weighted by Crippen LogP contribution is 2.26. The minimum atomic E-state index is -0.200. The molecule has 1 aromatic carbocycles. The van der Waals surface area contributed by atoms with Crippen LogP contribution in [-0.2, 0) is 11.3 Å². The Morgan fingerprint density at radius 3 is 2.82 bits per heavy atom. The second kappa shape index (κ2) is 7.31. The molecule has 0 saturated heterocycles. The molecule has 1 aromatic heterocycles. The molecule has 5 heteroatoms. The lowest BCUT2D eigenvalue weighted by Gasteiger charge is -2.22. The highest BCUT2D eigenvalue weighted by atomic mass is 16.5. The molecule has 1 amide bonds. The lowest BCUT2D eigenvalue weighted by Crippen LogP contribution is -2.43. The van der Waals surface area contributed by atoms with Crippen LogP contribution >= 0.6 is 0 Å². The maximum absolute atomic E-state index is 12.2. The van der Waals surface area contributed by atoms with Crippen molar-refractivity contribution < 1.29 is 14.6 Å². The van der Waals surface area contributed by atoms with Crippen molar-refractivity contribution in [2.24, 2.45) is 5.92 Å². The van der Waals surface area contributed by atoms with E-state index < -0.39 is 0 Å². The maximum Gasteiger partial charge on any atom is 0.240 e. The molecule has 0 unspecified atom stereocenters. The highest BCUT2D eigenvalue weighted by molar-refractivity contribution is 5.88. The summed E-state index contributed by atoms with van der Waals surface area (Å²) in [7, 11) is 1.64. The largest absolute Gasteiger partial charge is 0.496 e. The number of aliphatic hydroxyl groups excluding tert-OH is 1. The minimum Gasteiger partial charge on any atom is -0.496 e. The van der Waals surface area contributed by atoms with Crippen molar-refractivity contribution in [2.45, 2.75) is 32.9 Å². The lowest BCUT2D eigenvalue weighted by atomic mass is 10.00. The monoisotopic (exact) mass is 304 g/mol. The van der Waals surface area contributed by atoms with E-state index in [9.17, 15) is 9.90 Å². The Bertz CT molecular complexity index is 636. The van der Waals surface area contributed by atoms with Gasteiger partial charge in [-0.2, -0.15) is 0 Å². The molecule has 120 valence electrons. The summed E-state index contributed by atoms with van der Waals surface area (Å²) in [4.78, 5) is 12.2. The summed E-state index contributed by atoms with van der Waals surface area (Å²) >= 11 is 0. The summed E-state index contributed by atoms with van der Waals surface area (Å²) in [5.41, 5.74) is 0.957. The molecule has 5 nitrogen and oxygen atoms in total. The summed E-state index contributed by atoms with van der Waals surface area (Å²) in [6.45, 7) is 4.26. The minimum absolute atomic E-state index is 0.0407. The number of nitrogens with zero attached hydrogens (tertiary/aromatic N) is 1. The molecule has 1 heterocycles. The van der Waals surface area contributed by atoms with Crippen LogP contribution in [-0.4, -0.2) is 35.3 Å². The third-order valence-electron chi connectivity index (χ3n) is 4.18. The van der Waals surface area contributed by atoms with E-state index in [4.69, 9.17) is 4.74 Å². The highest BCUT2D eigenvalue weighted by Gasteiger charge is 2.18. The molecule has 2 aromatic rings. The number of rotatable bonds is 7. The predicted octanol–water partition coefficient (Wildman–Crippen LogP) is 2.17. The standard InChI is InChI=1S/C17H24N2O3/c1-4-12(2)14(11-20)18-17(21)10-19-9-8-13-15(19)6-5-7-16(13)22-3/h5-9,12,14,20H,4,10-11H2,1-3H3,(H,18,21)/t12-,14-/m0/s1. The van der Waals surface area contributed by atoms with E-state index in [-0.39, 0.29) is 31.0 Å². The fourth-order valence-electron chi connectivity index (χ4n) is 2.57. The number of fused-ring (bicyclic) bond motifs is 1. The number of benzene rings is 1. The molecule has 22 heavy (non-hydrogen) atoms. The fourth-order valence-corrected chi connectivity index (χ4v) is 2.57. The predicted molar refractivity (Wildman–Crippen MR) is 87.0 cm³/mol. The van der Waals surface area contributed by atoms with Crippen molar-refractivity contribution in [1.82, 2.24) is 9.88 Å². The number of hydrogen-bond acceptors (Lipinski definition) is 3. The third kappa shape index (κ3) is 3.42. The Hall–Kier alpha value is -2.01. The number of carbonyl (C=O) groups excluding carboxylic acids is 1. The number of nitrogens with one attached hydrogen (secondary N) is 1. The fraction of sp³-hybridized carbons (Fsp3) is 0.471. The Balaban J connectivity index is 2.12. The quantitative estimate of drug-likeness (QED) is 0.824. The van der Waals surface area contributed by atoms with Gasteiger partial charge in [-0.15, -0.1) is 0 Å². The second-order valence-electron chi connectivity index (χ2n) is 5.58. The van der Waals surface area contributed by atoms with Crippen molar-refractivity contribution >= 4 is 16.8 Å². The van der Waals surface area contributed by atoms with Gasteiger partial charge in [0.15, 0.2) is 0 Å². The number of hydrogen-bond donors (Lipinski definition) is 2. The van der Waals surface area contributed by atoms with Gasteiger partial charge in [0.25, 0.3) is 0 Å². The molecular weight excluding hydrogens is 280 g/mol. The van der Waals surface area contributed by atoms with Gasteiger partial charge < -0.3 is 19.7 Å². The average Bonchev–Trinajstić information content (AvgIpc) is 2.94. The van der Waals surface area contributed by atoms with Gasteiger partial charge in [-0.3, -0.25) is 4.79 Å². The van der Waals surface area contributed by atoms with E-state index in [2.05, 4.69) is 5.32 Å². The van der Waals surface area contributed by atoms with Crippen LogP contribution in [0.2, 0.25) is 0 Å². The van der Waals surface area contributed by atoms with Gasteiger partial charge in [0.2, 0.25) is 5.91 Å². The Morgan fingerprint density at radius 1 is 1.41 bits per heavy atom. The summed E-state index contributed by atoms with van der Waals surface area (Å²) in [5, 5.41) is 13.3. The van der Waals surface area contributed by atoms with E-state index >= 15 is 0 Å². The van der Waals surface area contributed by atoms with Gasteiger partial charge in [-0.05, 0) is 24.1 Å². The van der Waals surface area contributed by atoms with Crippen LogP contribution in [0.1, 0.15) is 20.3 Å². The first-order chi connectivity index (χ1) is 10.6. The molecule has 0 bridgehead atoms. The van der Waals surface area contributed by atoms with Crippen molar-refractivity contribution in [3.8, 4) is 5.75 Å². The number of amides is 1. The molecule has 0 spiro atoms. The van der Waals surface area contributed by atoms with Crippen LogP contribution in [0.5, 0.6) is 5.75 Å². The van der Waals surface area contributed by atoms with Gasteiger partial charge in [0.1, 0.15) is 12.3 Å². The van der Waals surface area contributed by atoms with Crippen LogP contribution in [0.15, 0.2) is 30.5 Å². The third-order valence-corrected chi connectivity index (χ3v) is 4.18. The molecule has 0 aliphatic carbocycles. The topological polar surface area (TPSA) is 63.5 Å². The Labute approximate surface area is 130 Å². The van der Waals surface area contributed by atoms with Gasteiger partial charge in [-0.25, -0.2) is 0 Å². The SMILES string of the molecule is CC[C@H](C)[C@H](CO)NC(=O)Cn1ccc2c(OC)cccc21. The molecule has 2 N–H and O–H groups in total. The zero-order chi connectivity index (χ0) is 16.1. The lowest BCUT2D eigenvalue weighted by molar-refractivity contribution is -0.123. The summed E-state index contributed by atoms with van der Waals surface area (Å²) in [6, 6.07) is 7.51. The van der Waals surface area contributed by atoms with Crippen LogP contribution in [0, 0.1) is 5.92 Å².